The average Bonchev–Trinajstić information content (AvgIpc) is 3.12. The van der Waals surface area contributed by atoms with Gasteiger partial charge in [0, 0.05) is 31.7 Å². The minimum atomic E-state index is -3.44. The summed E-state index contributed by atoms with van der Waals surface area (Å²) in [5, 5.41) is 0.969. The minimum Gasteiger partial charge on any atom is -0.495 e. The van der Waals surface area contributed by atoms with E-state index < -0.39 is 9.84 Å². The Balaban J connectivity index is 1.44. The predicted molar refractivity (Wildman–Crippen MR) is 102 cm³/mol. The molecule has 3 heterocycles. The molecule has 0 atom stereocenters. The average molecular weight is 387 g/mol. The van der Waals surface area contributed by atoms with E-state index in [2.05, 4.69) is 24.8 Å². The van der Waals surface area contributed by atoms with E-state index >= 15 is 0 Å². The number of hydrogen-bond acceptors (Lipinski definition) is 7. The summed E-state index contributed by atoms with van der Waals surface area (Å²) in [5.41, 5.74) is 0.800. The van der Waals surface area contributed by atoms with E-state index in [9.17, 15) is 8.42 Å². The molecule has 142 valence electrons. The number of fused-ring (bicyclic) bond motifs is 1. The molecule has 0 aliphatic heterocycles. The third kappa shape index (κ3) is 3.23. The molecule has 0 radical (unpaired) electrons. The van der Waals surface area contributed by atoms with Gasteiger partial charge in [-0.05, 0) is 30.9 Å². The van der Waals surface area contributed by atoms with Crippen LogP contribution in [0.15, 0.2) is 41.9 Å². The minimum absolute atomic E-state index is 0.0999. The quantitative estimate of drug-likeness (QED) is 0.691. The van der Waals surface area contributed by atoms with E-state index in [1.807, 2.05) is 19.3 Å². The van der Waals surface area contributed by atoms with Crippen molar-refractivity contribution in [3.05, 3.63) is 37.1 Å². The number of nitrogens with zero attached hydrogens (tertiary/aromatic N) is 4. The summed E-state index contributed by atoms with van der Waals surface area (Å²) in [4.78, 5) is 17.9. The summed E-state index contributed by atoms with van der Waals surface area (Å²) in [6.45, 7) is 0. The van der Waals surface area contributed by atoms with Crippen LogP contribution in [0, 0.1) is 5.92 Å². The van der Waals surface area contributed by atoms with Gasteiger partial charge in [-0.2, -0.15) is 0 Å². The third-order valence-electron chi connectivity index (χ3n) is 5.18. The number of methoxy groups -OCH3 is 1. The van der Waals surface area contributed by atoms with E-state index in [0.717, 1.165) is 29.7 Å². The molecule has 1 aliphatic rings. The fourth-order valence-electron chi connectivity index (χ4n) is 3.64. The SMILES string of the molecule is COc1ccncc1S(=O)(=O)C[C@H]1C[C@@H](N(C)c2ncnc3[nH]ccc23)C1. The molecule has 0 amide bonds. The van der Waals surface area contributed by atoms with Crippen molar-refractivity contribution in [3.63, 3.8) is 0 Å². The fourth-order valence-corrected chi connectivity index (χ4v) is 5.39. The molecule has 3 aromatic heterocycles. The van der Waals surface area contributed by atoms with Crippen LogP contribution in [0.25, 0.3) is 11.0 Å². The molecule has 0 bridgehead atoms. The topological polar surface area (TPSA) is 101 Å². The highest BCUT2D eigenvalue weighted by molar-refractivity contribution is 7.91. The lowest BCUT2D eigenvalue weighted by Crippen LogP contribution is -2.45. The van der Waals surface area contributed by atoms with Crippen LogP contribution in [0.3, 0.4) is 0 Å². The second-order valence-corrected chi connectivity index (χ2v) is 8.85. The van der Waals surface area contributed by atoms with Gasteiger partial charge < -0.3 is 14.6 Å². The molecule has 0 saturated heterocycles. The van der Waals surface area contributed by atoms with Crippen LogP contribution in [-0.4, -0.2) is 54.3 Å². The summed E-state index contributed by atoms with van der Waals surface area (Å²) < 4.78 is 30.7. The van der Waals surface area contributed by atoms with Crippen LogP contribution in [0.4, 0.5) is 5.82 Å². The van der Waals surface area contributed by atoms with Crippen molar-refractivity contribution < 1.29 is 13.2 Å². The Bertz CT molecular complexity index is 1060. The molecule has 3 aromatic rings. The van der Waals surface area contributed by atoms with Gasteiger partial charge in [0.15, 0.2) is 9.84 Å². The normalized spacial score (nSPS) is 19.6. The van der Waals surface area contributed by atoms with E-state index in [4.69, 9.17) is 4.74 Å². The van der Waals surface area contributed by atoms with Crippen molar-refractivity contribution in [2.24, 2.45) is 5.92 Å². The zero-order valence-corrected chi connectivity index (χ0v) is 16.0. The number of aromatic nitrogens is 4. The largest absolute Gasteiger partial charge is 0.495 e. The van der Waals surface area contributed by atoms with Crippen molar-refractivity contribution in [1.29, 1.82) is 0 Å². The second-order valence-electron chi connectivity index (χ2n) is 6.85. The number of rotatable bonds is 6. The summed E-state index contributed by atoms with van der Waals surface area (Å²) in [5.74, 6) is 1.41. The number of aromatic amines is 1. The molecule has 27 heavy (non-hydrogen) atoms. The van der Waals surface area contributed by atoms with Gasteiger partial charge >= 0.3 is 0 Å². The first-order valence-electron chi connectivity index (χ1n) is 8.71. The molecule has 0 aromatic carbocycles. The van der Waals surface area contributed by atoms with Gasteiger partial charge in [0.05, 0.1) is 18.2 Å². The van der Waals surface area contributed by atoms with E-state index in [-0.39, 0.29) is 22.6 Å². The number of nitrogens with one attached hydrogen (secondary N) is 1. The van der Waals surface area contributed by atoms with Gasteiger partial charge in [0.2, 0.25) is 0 Å². The van der Waals surface area contributed by atoms with Crippen molar-refractivity contribution in [3.8, 4) is 5.75 Å². The molecular weight excluding hydrogens is 366 g/mol. The van der Waals surface area contributed by atoms with Crippen LogP contribution in [0.5, 0.6) is 5.75 Å². The van der Waals surface area contributed by atoms with E-state index in [1.165, 1.54) is 19.5 Å². The Kier molecular flexibility index (Phi) is 4.47. The fraction of sp³-hybridized carbons (Fsp3) is 0.389. The van der Waals surface area contributed by atoms with Crippen LogP contribution in [0.1, 0.15) is 12.8 Å². The Morgan fingerprint density at radius 1 is 1.30 bits per heavy atom. The second kappa shape index (κ2) is 6.80. The maximum atomic E-state index is 12.7. The Hall–Kier alpha value is -2.68. The zero-order valence-electron chi connectivity index (χ0n) is 15.2. The molecule has 1 fully saturated rings. The van der Waals surface area contributed by atoms with Crippen molar-refractivity contribution in [2.45, 2.75) is 23.8 Å². The molecule has 0 spiro atoms. The van der Waals surface area contributed by atoms with E-state index in [0.29, 0.717) is 5.75 Å². The lowest BCUT2D eigenvalue weighted by Gasteiger charge is -2.41. The van der Waals surface area contributed by atoms with Gasteiger partial charge in [-0.3, -0.25) is 4.98 Å². The molecule has 9 heteroatoms. The summed E-state index contributed by atoms with van der Waals surface area (Å²) in [6.07, 6.45) is 7.87. The summed E-state index contributed by atoms with van der Waals surface area (Å²) >= 11 is 0. The van der Waals surface area contributed by atoms with Crippen LogP contribution in [0.2, 0.25) is 0 Å². The zero-order chi connectivity index (χ0) is 19.0. The third-order valence-corrected chi connectivity index (χ3v) is 7.07. The number of anilines is 1. The molecule has 4 rings (SSSR count). The van der Waals surface area contributed by atoms with E-state index in [1.54, 1.807) is 12.4 Å². The molecular formula is C18H21N5O3S. The lowest BCUT2D eigenvalue weighted by molar-refractivity contribution is 0.282. The number of ether oxygens (including phenoxy) is 1. The van der Waals surface area contributed by atoms with Crippen LogP contribution >= 0.6 is 0 Å². The van der Waals surface area contributed by atoms with Crippen molar-refractivity contribution >= 4 is 26.7 Å². The number of H-pyrrole nitrogens is 1. The first-order valence-corrected chi connectivity index (χ1v) is 10.4. The van der Waals surface area contributed by atoms with Crippen LogP contribution < -0.4 is 9.64 Å². The standard InChI is InChI=1S/C18H21N5O3S/c1-23(18-14-3-6-20-17(14)21-11-22-18)13-7-12(8-13)10-27(24,25)16-9-19-5-4-15(16)26-2/h3-6,9,11-13H,7-8,10H2,1-2H3,(H,20,21,22)/t12-,13+. The first-order chi connectivity index (χ1) is 13.0. The van der Waals surface area contributed by atoms with Gasteiger partial charge in [-0.1, -0.05) is 0 Å². The monoisotopic (exact) mass is 387 g/mol. The van der Waals surface area contributed by atoms with Gasteiger partial charge in [0.1, 0.15) is 28.4 Å². The smallest absolute Gasteiger partial charge is 0.183 e. The van der Waals surface area contributed by atoms with Gasteiger partial charge in [-0.15, -0.1) is 0 Å². The Morgan fingerprint density at radius 2 is 2.11 bits per heavy atom. The summed E-state index contributed by atoms with van der Waals surface area (Å²) in [7, 11) is 0.0195. The highest BCUT2D eigenvalue weighted by Crippen LogP contribution is 2.37. The molecule has 8 nitrogen and oxygen atoms in total. The van der Waals surface area contributed by atoms with Crippen molar-refractivity contribution in [1.82, 2.24) is 19.9 Å². The van der Waals surface area contributed by atoms with Gasteiger partial charge in [-0.25, -0.2) is 18.4 Å². The Morgan fingerprint density at radius 3 is 2.89 bits per heavy atom. The maximum absolute atomic E-state index is 12.7. The number of sulfone groups is 1. The Labute approximate surface area is 157 Å². The lowest BCUT2D eigenvalue weighted by atomic mass is 9.81. The highest BCUT2D eigenvalue weighted by atomic mass is 32.2. The van der Waals surface area contributed by atoms with Crippen LogP contribution in [-0.2, 0) is 9.84 Å². The predicted octanol–water partition coefficient (Wildman–Crippen LogP) is 2.05. The maximum Gasteiger partial charge on any atom is 0.183 e. The molecule has 1 saturated carbocycles. The van der Waals surface area contributed by atoms with Gasteiger partial charge in [0.25, 0.3) is 0 Å². The number of pyridine rings is 1. The molecule has 0 unspecified atom stereocenters. The first kappa shape index (κ1) is 17.7. The highest BCUT2D eigenvalue weighted by Gasteiger charge is 2.37. The molecule has 1 N–H and O–H groups in total. The number of hydrogen-bond donors (Lipinski definition) is 1. The van der Waals surface area contributed by atoms with Crippen molar-refractivity contribution in [2.75, 3.05) is 24.8 Å². The summed E-state index contributed by atoms with van der Waals surface area (Å²) in [6, 6.07) is 3.78. The molecule has 1 aliphatic carbocycles.